The van der Waals surface area contributed by atoms with E-state index >= 15 is 0 Å². The molecule has 1 aliphatic heterocycles. The molecule has 1 radical (unpaired) electrons. The van der Waals surface area contributed by atoms with Crippen molar-refractivity contribution in [2.45, 2.75) is 19.8 Å². The molecule has 0 fully saturated rings. The molecule has 0 saturated heterocycles. The number of nitrogens with zero attached hydrogens (tertiary/aromatic N) is 1. The monoisotopic (exact) mass is 316 g/mol. The zero-order chi connectivity index (χ0) is 16.4. The number of hydrogen-bond acceptors (Lipinski definition) is 1. The summed E-state index contributed by atoms with van der Waals surface area (Å²) in [6, 6.07) is 7.10. The molecule has 4 nitrogen and oxygen atoms in total. The molecule has 6 heteroatoms. The highest BCUT2D eigenvalue weighted by Crippen LogP contribution is 2.26. The molecule has 119 valence electrons. The lowest BCUT2D eigenvalue weighted by Crippen LogP contribution is -2.21. The maximum Gasteiger partial charge on any atom is 0.323 e. The molecule has 2 aromatic rings. The fraction of sp³-hybridized carbons (Fsp3) is 0.235. The van der Waals surface area contributed by atoms with Crippen molar-refractivity contribution in [3.05, 3.63) is 53.1 Å². The second-order valence-corrected chi connectivity index (χ2v) is 5.34. The normalized spacial score (nSPS) is 12.5. The molecule has 0 aliphatic carbocycles. The average Bonchev–Trinajstić information content (AvgIpc) is 2.98. The van der Waals surface area contributed by atoms with Crippen LogP contribution in [0.25, 0.3) is 0 Å². The largest absolute Gasteiger partial charge is 0.323 e. The predicted octanol–water partition coefficient (Wildman–Crippen LogP) is 3.96. The molecule has 1 heterocycles. The quantitative estimate of drug-likeness (QED) is 0.884. The van der Waals surface area contributed by atoms with Gasteiger partial charge in [0.2, 0.25) is 0 Å². The van der Waals surface area contributed by atoms with E-state index in [4.69, 9.17) is 0 Å². The molecule has 2 N–H and O–H groups in total. The van der Waals surface area contributed by atoms with Crippen LogP contribution in [-0.2, 0) is 12.8 Å². The van der Waals surface area contributed by atoms with Crippen molar-refractivity contribution in [2.75, 3.05) is 17.2 Å². The number of hydrogen-bond donors (Lipinski definition) is 2. The Morgan fingerprint density at radius 3 is 2.61 bits per heavy atom. The highest BCUT2D eigenvalue weighted by molar-refractivity contribution is 6.00. The van der Waals surface area contributed by atoms with Gasteiger partial charge < -0.3 is 10.6 Å². The Kier molecular flexibility index (Phi) is 4.14. The Morgan fingerprint density at radius 1 is 1.17 bits per heavy atom. The zero-order valence-electron chi connectivity index (χ0n) is 12.6. The van der Waals surface area contributed by atoms with E-state index in [1.54, 1.807) is 19.1 Å². The Balaban J connectivity index is 1.72. The van der Waals surface area contributed by atoms with Crippen LogP contribution >= 0.6 is 0 Å². The van der Waals surface area contributed by atoms with Crippen LogP contribution < -0.4 is 16.0 Å². The van der Waals surface area contributed by atoms with Gasteiger partial charge in [-0.3, -0.25) is 5.32 Å². The van der Waals surface area contributed by atoms with Crippen molar-refractivity contribution < 1.29 is 13.6 Å². The number of anilines is 2. The van der Waals surface area contributed by atoms with Gasteiger partial charge in [0, 0.05) is 12.2 Å². The molecule has 2 amide bonds. The lowest BCUT2D eigenvalue weighted by atomic mass is 10.1. The van der Waals surface area contributed by atoms with Crippen LogP contribution in [0.1, 0.15) is 18.1 Å². The van der Waals surface area contributed by atoms with E-state index in [0.717, 1.165) is 24.2 Å². The topological polar surface area (TPSA) is 55.2 Å². The minimum Gasteiger partial charge on any atom is -0.308 e. The maximum atomic E-state index is 13.9. The first-order valence-corrected chi connectivity index (χ1v) is 7.43. The van der Waals surface area contributed by atoms with Crippen molar-refractivity contribution in [3.8, 4) is 0 Å². The first-order chi connectivity index (χ1) is 11.1. The van der Waals surface area contributed by atoms with Gasteiger partial charge in [0.05, 0.1) is 5.69 Å². The summed E-state index contributed by atoms with van der Waals surface area (Å²) in [5, 5.41) is 9.08. The summed E-state index contributed by atoms with van der Waals surface area (Å²) in [4.78, 5) is 12.0. The second-order valence-electron chi connectivity index (χ2n) is 5.34. The number of amides is 2. The van der Waals surface area contributed by atoms with E-state index < -0.39 is 23.4 Å². The molecule has 0 spiro atoms. The van der Waals surface area contributed by atoms with Gasteiger partial charge in [-0.25, -0.2) is 13.6 Å². The minimum absolute atomic E-state index is 0.453. The number of nitrogens with one attached hydrogen (secondary N) is 2. The number of carbonyl (C=O) groups is 1. The van der Waals surface area contributed by atoms with Crippen molar-refractivity contribution >= 4 is 23.1 Å². The molecule has 0 saturated carbocycles. The van der Waals surface area contributed by atoms with Crippen LogP contribution in [0.4, 0.5) is 30.6 Å². The summed E-state index contributed by atoms with van der Waals surface area (Å²) >= 11 is 0. The van der Waals surface area contributed by atoms with Gasteiger partial charge in [0.15, 0.2) is 0 Å². The van der Waals surface area contributed by atoms with E-state index in [9.17, 15) is 13.6 Å². The minimum atomic E-state index is -0.791. The molecule has 3 rings (SSSR count). The van der Waals surface area contributed by atoms with Crippen LogP contribution in [0.2, 0.25) is 0 Å². The lowest BCUT2D eigenvalue weighted by molar-refractivity contribution is 0.262. The van der Waals surface area contributed by atoms with Crippen LogP contribution in [0.3, 0.4) is 0 Å². The van der Waals surface area contributed by atoms with Crippen molar-refractivity contribution in [1.29, 1.82) is 0 Å². The molecule has 1 aliphatic rings. The maximum absolute atomic E-state index is 13.9. The van der Waals surface area contributed by atoms with Crippen molar-refractivity contribution in [3.63, 3.8) is 0 Å². The Morgan fingerprint density at radius 2 is 1.91 bits per heavy atom. The average molecular weight is 316 g/mol. The van der Waals surface area contributed by atoms with Gasteiger partial charge in [-0.1, -0.05) is 13.0 Å². The number of urea groups is 1. The number of aryl methyl sites for hydroxylation is 1. The number of rotatable bonds is 3. The number of carbonyl (C=O) groups excluding carboxylic acids is 1. The molecule has 0 bridgehead atoms. The summed E-state index contributed by atoms with van der Waals surface area (Å²) in [5.74, 6) is -1.58. The first kappa shape index (κ1) is 15.3. The third-order valence-electron chi connectivity index (χ3n) is 3.76. The second kappa shape index (κ2) is 6.24. The van der Waals surface area contributed by atoms with Crippen LogP contribution in [-0.4, -0.2) is 12.6 Å². The summed E-state index contributed by atoms with van der Waals surface area (Å²) in [7, 11) is 0. The fourth-order valence-electron chi connectivity index (χ4n) is 2.52. The van der Waals surface area contributed by atoms with Crippen LogP contribution in [0.5, 0.6) is 0 Å². The lowest BCUT2D eigenvalue weighted by Gasteiger charge is -2.11. The number of halogens is 2. The summed E-state index contributed by atoms with van der Waals surface area (Å²) < 4.78 is 27.8. The van der Waals surface area contributed by atoms with Gasteiger partial charge in [0.25, 0.3) is 0 Å². The van der Waals surface area contributed by atoms with E-state index in [0.29, 0.717) is 17.7 Å². The highest BCUT2D eigenvalue weighted by Gasteiger charge is 2.15. The predicted molar refractivity (Wildman–Crippen MR) is 85.2 cm³/mol. The molecular formula is C17H16F2N3O. The third-order valence-corrected chi connectivity index (χ3v) is 3.76. The molecule has 23 heavy (non-hydrogen) atoms. The fourth-order valence-corrected chi connectivity index (χ4v) is 2.52. The summed E-state index contributed by atoms with van der Waals surface area (Å²) in [5.41, 5.74) is 2.57. The highest BCUT2D eigenvalue weighted by atomic mass is 19.1. The first-order valence-electron chi connectivity index (χ1n) is 7.43. The molecule has 0 aromatic heterocycles. The molecule has 0 unspecified atom stereocenters. The van der Waals surface area contributed by atoms with E-state index in [2.05, 4.69) is 16.0 Å². The van der Waals surface area contributed by atoms with Gasteiger partial charge in [-0.2, -0.15) is 0 Å². The summed E-state index contributed by atoms with van der Waals surface area (Å²) in [6.45, 7) is 2.54. The zero-order valence-corrected chi connectivity index (χ0v) is 12.6. The Labute approximate surface area is 132 Å². The van der Waals surface area contributed by atoms with E-state index in [1.807, 2.05) is 6.07 Å². The molecular weight excluding hydrogens is 300 g/mol. The number of benzene rings is 2. The van der Waals surface area contributed by atoms with E-state index in [-0.39, 0.29) is 0 Å². The third kappa shape index (κ3) is 3.26. The van der Waals surface area contributed by atoms with Crippen molar-refractivity contribution in [1.82, 2.24) is 5.32 Å². The van der Waals surface area contributed by atoms with Crippen LogP contribution in [0, 0.1) is 11.6 Å². The standard InChI is InChI=1S/C17H16F2N3O/c1-2-10-7-13(18)16(14(19)8-10)22-17(23)21-12-4-3-11-5-6-20-15(11)9-12/h3-4,7-9H,2,5-6H2,1H3,(H2,21,22,23). The van der Waals surface area contributed by atoms with Crippen molar-refractivity contribution in [2.24, 2.45) is 0 Å². The van der Waals surface area contributed by atoms with Gasteiger partial charge in [0.1, 0.15) is 17.3 Å². The van der Waals surface area contributed by atoms with E-state index in [1.165, 1.54) is 12.1 Å². The van der Waals surface area contributed by atoms with Gasteiger partial charge in [-0.15, -0.1) is 0 Å². The SMILES string of the molecule is CCc1cc(F)c(NC(=O)Nc2ccc3c(c2)[N]CC3)c(F)c1. The van der Waals surface area contributed by atoms with Gasteiger partial charge in [-0.05, 0) is 48.2 Å². The number of fused-ring (bicyclic) bond motifs is 1. The molecule has 0 atom stereocenters. The molecule has 2 aromatic carbocycles. The smallest absolute Gasteiger partial charge is 0.308 e. The van der Waals surface area contributed by atoms with Gasteiger partial charge >= 0.3 is 6.03 Å². The Bertz CT molecular complexity index is 738. The Hall–Kier alpha value is -2.63. The summed E-state index contributed by atoms with van der Waals surface area (Å²) in [6.07, 6.45) is 1.40. The van der Waals surface area contributed by atoms with Crippen LogP contribution in [0.15, 0.2) is 30.3 Å².